The van der Waals surface area contributed by atoms with Gasteiger partial charge in [0.25, 0.3) is 5.56 Å². The zero-order valence-corrected chi connectivity index (χ0v) is 12.3. The van der Waals surface area contributed by atoms with E-state index in [1.54, 1.807) is 30.1 Å². The van der Waals surface area contributed by atoms with E-state index in [9.17, 15) is 9.59 Å². The van der Waals surface area contributed by atoms with Crippen molar-refractivity contribution in [2.24, 2.45) is 0 Å². The molecule has 0 spiro atoms. The first kappa shape index (κ1) is 14.9. The van der Waals surface area contributed by atoms with Crippen molar-refractivity contribution in [3.8, 4) is 16.9 Å². The van der Waals surface area contributed by atoms with Gasteiger partial charge in [-0.15, -0.1) is 5.10 Å². The minimum Gasteiger partial charge on any atom is -0.396 e. The molecule has 0 saturated carbocycles. The molecule has 0 aliphatic rings. The van der Waals surface area contributed by atoms with Crippen LogP contribution in [-0.2, 0) is 6.42 Å². The number of aryl methyl sites for hydroxylation is 1. The van der Waals surface area contributed by atoms with E-state index in [1.807, 2.05) is 0 Å². The molecule has 3 aromatic heterocycles. The lowest BCUT2D eigenvalue weighted by atomic mass is 10.2. The van der Waals surface area contributed by atoms with Gasteiger partial charge in [0, 0.05) is 19.0 Å². The number of H-pyrrole nitrogens is 2. The van der Waals surface area contributed by atoms with Gasteiger partial charge in [-0.25, -0.2) is 9.48 Å². The van der Waals surface area contributed by atoms with Crippen LogP contribution < -0.4 is 11.2 Å². The van der Waals surface area contributed by atoms with Crippen LogP contribution in [0, 0.1) is 6.92 Å². The van der Waals surface area contributed by atoms with Crippen molar-refractivity contribution in [1.29, 1.82) is 0 Å². The van der Waals surface area contributed by atoms with Gasteiger partial charge in [0.1, 0.15) is 5.69 Å². The Morgan fingerprint density at radius 1 is 1.30 bits per heavy atom. The summed E-state index contributed by atoms with van der Waals surface area (Å²) in [5.41, 5.74) is 1.58. The number of aliphatic hydroxyl groups excluding tert-OH is 1. The van der Waals surface area contributed by atoms with Gasteiger partial charge in [0.05, 0.1) is 23.1 Å². The van der Waals surface area contributed by atoms with Gasteiger partial charge >= 0.3 is 5.69 Å². The second-order valence-corrected chi connectivity index (χ2v) is 4.95. The Kier molecular flexibility index (Phi) is 3.85. The smallest absolute Gasteiger partial charge is 0.325 e. The molecule has 9 heteroatoms. The molecule has 9 nitrogen and oxygen atoms in total. The van der Waals surface area contributed by atoms with Crippen molar-refractivity contribution in [3.05, 3.63) is 56.8 Å². The molecular weight excluding hydrogens is 300 g/mol. The summed E-state index contributed by atoms with van der Waals surface area (Å²) in [7, 11) is 0. The quantitative estimate of drug-likeness (QED) is 0.598. The fourth-order valence-electron chi connectivity index (χ4n) is 2.16. The summed E-state index contributed by atoms with van der Waals surface area (Å²) in [5, 5.41) is 21.2. The Hall–Kier alpha value is -3.07. The Morgan fingerprint density at radius 2 is 2.13 bits per heavy atom. The summed E-state index contributed by atoms with van der Waals surface area (Å²) < 4.78 is 1.61. The Labute approximate surface area is 129 Å². The SMILES string of the molecule is Cc1nnc(-c2c[nH]c(=O)[nH]c2=O)cc1-n1cc(CCO)cn1. The highest BCUT2D eigenvalue weighted by Gasteiger charge is 2.11. The van der Waals surface area contributed by atoms with Crippen LogP contribution in [0.3, 0.4) is 0 Å². The minimum atomic E-state index is -0.584. The van der Waals surface area contributed by atoms with Crippen molar-refractivity contribution >= 4 is 0 Å². The number of hydrogen-bond donors (Lipinski definition) is 3. The standard InChI is InChI=1S/C14H14N6O3/c1-8-12(20-7-9(2-3-21)5-16-20)4-11(19-18-8)10-6-15-14(23)17-13(10)22/h4-7,21H,2-3H2,1H3,(H2,15,17,22,23). The van der Waals surface area contributed by atoms with E-state index in [-0.39, 0.29) is 12.2 Å². The summed E-state index contributed by atoms with van der Waals surface area (Å²) in [6, 6.07) is 1.67. The number of hydrogen-bond acceptors (Lipinski definition) is 6. The highest BCUT2D eigenvalue weighted by molar-refractivity contribution is 5.59. The van der Waals surface area contributed by atoms with E-state index in [4.69, 9.17) is 5.11 Å². The summed E-state index contributed by atoms with van der Waals surface area (Å²) >= 11 is 0. The van der Waals surface area contributed by atoms with Crippen LogP contribution >= 0.6 is 0 Å². The highest BCUT2D eigenvalue weighted by atomic mass is 16.3. The zero-order chi connectivity index (χ0) is 16.4. The number of aromatic amines is 2. The van der Waals surface area contributed by atoms with Crippen LogP contribution in [0.15, 0.2) is 34.2 Å². The first-order chi connectivity index (χ1) is 11.1. The minimum absolute atomic E-state index is 0.0390. The monoisotopic (exact) mass is 314 g/mol. The van der Waals surface area contributed by atoms with Crippen LogP contribution in [0.2, 0.25) is 0 Å². The van der Waals surface area contributed by atoms with Crippen molar-refractivity contribution in [3.63, 3.8) is 0 Å². The fourth-order valence-corrected chi connectivity index (χ4v) is 2.16. The number of aromatic nitrogens is 6. The largest absolute Gasteiger partial charge is 0.396 e. The highest BCUT2D eigenvalue weighted by Crippen LogP contribution is 2.17. The fraction of sp³-hybridized carbons (Fsp3) is 0.214. The third-order valence-corrected chi connectivity index (χ3v) is 3.33. The number of nitrogens with zero attached hydrogens (tertiary/aromatic N) is 4. The predicted molar refractivity (Wildman–Crippen MR) is 81.4 cm³/mol. The summed E-state index contributed by atoms with van der Waals surface area (Å²) in [4.78, 5) is 27.5. The maximum absolute atomic E-state index is 11.9. The van der Waals surface area contributed by atoms with Gasteiger partial charge in [-0.05, 0) is 25.0 Å². The summed E-state index contributed by atoms with van der Waals surface area (Å²) in [6.07, 6.45) is 5.23. The van der Waals surface area contributed by atoms with E-state index in [1.165, 1.54) is 6.20 Å². The molecule has 0 fully saturated rings. The molecule has 0 saturated heterocycles. The van der Waals surface area contributed by atoms with E-state index in [0.29, 0.717) is 23.5 Å². The third kappa shape index (κ3) is 2.94. The lowest BCUT2D eigenvalue weighted by molar-refractivity contribution is 0.299. The van der Waals surface area contributed by atoms with Crippen LogP contribution in [0.5, 0.6) is 0 Å². The predicted octanol–water partition coefficient (Wildman–Crippen LogP) is -0.451. The molecule has 3 N–H and O–H groups in total. The molecule has 0 amide bonds. The third-order valence-electron chi connectivity index (χ3n) is 3.33. The van der Waals surface area contributed by atoms with Crippen LogP contribution in [0.1, 0.15) is 11.3 Å². The molecule has 0 aliphatic carbocycles. The number of aliphatic hydroxyl groups is 1. The molecule has 0 radical (unpaired) electrons. The lowest BCUT2D eigenvalue weighted by Gasteiger charge is -2.06. The molecule has 0 unspecified atom stereocenters. The first-order valence-electron chi connectivity index (χ1n) is 6.90. The topological polar surface area (TPSA) is 130 Å². The van der Waals surface area contributed by atoms with E-state index < -0.39 is 11.2 Å². The van der Waals surface area contributed by atoms with Gasteiger partial charge in [-0.3, -0.25) is 9.78 Å². The molecule has 3 aromatic rings. The van der Waals surface area contributed by atoms with Crippen LogP contribution in [-0.4, -0.2) is 41.7 Å². The van der Waals surface area contributed by atoms with Gasteiger partial charge in [-0.1, -0.05) is 0 Å². The van der Waals surface area contributed by atoms with Crippen LogP contribution in [0.25, 0.3) is 16.9 Å². The average molecular weight is 314 g/mol. The molecule has 3 heterocycles. The second kappa shape index (κ2) is 5.97. The number of rotatable bonds is 4. The normalized spacial score (nSPS) is 10.9. The zero-order valence-electron chi connectivity index (χ0n) is 12.3. The molecule has 0 aromatic carbocycles. The summed E-state index contributed by atoms with van der Waals surface area (Å²) in [6.45, 7) is 1.81. The Bertz CT molecular complexity index is 955. The van der Waals surface area contributed by atoms with Crippen molar-refractivity contribution in [1.82, 2.24) is 29.9 Å². The Morgan fingerprint density at radius 3 is 2.87 bits per heavy atom. The van der Waals surface area contributed by atoms with Crippen molar-refractivity contribution in [2.45, 2.75) is 13.3 Å². The Balaban J connectivity index is 2.08. The van der Waals surface area contributed by atoms with Gasteiger partial charge in [0.2, 0.25) is 0 Å². The van der Waals surface area contributed by atoms with Crippen LogP contribution in [0.4, 0.5) is 0 Å². The summed E-state index contributed by atoms with van der Waals surface area (Å²) in [5.74, 6) is 0. The van der Waals surface area contributed by atoms with Crippen molar-refractivity contribution in [2.75, 3.05) is 6.61 Å². The maximum Gasteiger partial charge on any atom is 0.325 e. The molecule has 0 atom stereocenters. The molecule has 3 rings (SSSR count). The molecular formula is C14H14N6O3. The average Bonchev–Trinajstić information content (AvgIpc) is 2.97. The number of nitrogens with one attached hydrogen (secondary N) is 2. The van der Waals surface area contributed by atoms with Crippen molar-refractivity contribution < 1.29 is 5.11 Å². The van der Waals surface area contributed by atoms with Gasteiger partial charge in [0.15, 0.2) is 0 Å². The second-order valence-electron chi connectivity index (χ2n) is 4.95. The van der Waals surface area contributed by atoms with Gasteiger partial charge in [-0.2, -0.15) is 10.2 Å². The van der Waals surface area contributed by atoms with E-state index >= 15 is 0 Å². The van der Waals surface area contributed by atoms with E-state index in [0.717, 1.165) is 5.56 Å². The molecule has 118 valence electrons. The molecule has 0 bridgehead atoms. The van der Waals surface area contributed by atoms with Gasteiger partial charge < -0.3 is 10.1 Å². The molecule has 23 heavy (non-hydrogen) atoms. The first-order valence-corrected chi connectivity index (χ1v) is 6.90. The molecule has 0 aliphatic heterocycles. The lowest BCUT2D eigenvalue weighted by Crippen LogP contribution is -2.23. The maximum atomic E-state index is 11.9. The van der Waals surface area contributed by atoms with E-state index in [2.05, 4.69) is 25.3 Å².